The molecule has 3 aromatic rings. The smallest absolute Gasteiger partial charge is 0.417 e. The van der Waals surface area contributed by atoms with Crippen LogP contribution in [0.2, 0.25) is 0 Å². The van der Waals surface area contributed by atoms with E-state index in [2.05, 4.69) is 9.97 Å². The van der Waals surface area contributed by atoms with Crippen LogP contribution in [0.25, 0.3) is 0 Å². The minimum absolute atomic E-state index is 0.0162. The van der Waals surface area contributed by atoms with Crippen LogP contribution in [0.1, 0.15) is 72.5 Å². The van der Waals surface area contributed by atoms with Crippen LogP contribution in [0.4, 0.5) is 26.3 Å². The first-order chi connectivity index (χ1) is 23.3. The number of nitrogens with zero attached hydrogens (tertiary/aromatic N) is 5. The molecule has 0 radical (unpaired) electrons. The van der Waals surface area contributed by atoms with Crippen LogP contribution >= 0.6 is 0 Å². The van der Waals surface area contributed by atoms with Crippen molar-refractivity contribution in [1.29, 1.82) is 5.26 Å². The summed E-state index contributed by atoms with van der Waals surface area (Å²) in [4.78, 5) is 39.2. The summed E-state index contributed by atoms with van der Waals surface area (Å²) < 4.78 is 94.3. The van der Waals surface area contributed by atoms with Crippen LogP contribution < -0.4 is 9.47 Å². The number of carbonyl (C=O) groups is 2. The quantitative estimate of drug-likeness (QED) is 0.243. The summed E-state index contributed by atoms with van der Waals surface area (Å²) in [5.74, 6) is -1.43. The van der Waals surface area contributed by atoms with Crippen molar-refractivity contribution < 1.29 is 45.4 Å². The molecule has 1 aromatic carbocycles. The highest BCUT2D eigenvalue weighted by Gasteiger charge is 2.56. The maximum absolute atomic E-state index is 14.7. The van der Waals surface area contributed by atoms with E-state index in [0.29, 0.717) is 25.3 Å². The van der Waals surface area contributed by atoms with Crippen molar-refractivity contribution in [2.45, 2.75) is 75.5 Å². The van der Waals surface area contributed by atoms with Crippen LogP contribution in [0.15, 0.2) is 61.1 Å². The number of alkyl halides is 6. The van der Waals surface area contributed by atoms with Gasteiger partial charge in [-0.2, -0.15) is 31.6 Å². The van der Waals surface area contributed by atoms with Gasteiger partial charge in [-0.25, -0.2) is 4.98 Å². The largest absolute Gasteiger partial charge is 0.475 e. The number of piperidine rings is 2. The Morgan fingerprint density at radius 3 is 2.35 bits per heavy atom. The Bertz CT molecular complexity index is 1690. The number of hydrogen-bond acceptors (Lipinski definition) is 7. The molecule has 2 aliphatic heterocycles. The highest BCUT2D eigenvalue weighted by atomic mass is 19.4. The number of amides is 2. The lowest BCUT2D eigenvalue weighted by molar-refractivity contribution is -0.161. The van der Waals surface area contributed by atoms with E-state index in [1.165, 1.54) is 16.0 Å². The number of rotatable bonds is 8. The van der Waals surface area contributed by atoms with Gasteiger partial charge in [0.2, 0.25) is 11.5 Å². The van der Waals surface area contributed by atoms with Crippen LogP contribution in [0, 0.1) is 11.3 Å². The molecule has 15 heteroatoms. The third-order valence-corrected chi connectivity index (χ3v) is 8.78. The number of halogens is 6. The molecular weight excluding hydrogens is 656 g/mol. The maximum atomic E-state index is 14.7. The summed E-state index contributed by atoms with van der Waals surface area (Å²) in [6.07, 6.45) is -5.16. The predicted octanol–water partition coefficient (Wildman–Crippen LogP) is 6.68. The van der Waals surface area contributed by atoms with E-state index in [1.54, 1.807) is 19.1 Å². The first kappa shape index (κ1) is 35.4. The Hall–Kier alpha value is -4.87. The van der Waals surface area contributed by atoms with Crippen molar-refractivity contribution >= 4 is 11.8 Å². The summed E-state index contributed by atoms with van der Waals surface area (Å²) in [6.45, 7) is 2.14. The molecule has 0 spiro atoms. The number of pyridine rings is 2. The molecule has 5 rings (SSSR count). The van der Waals surface area contributed by atoms with Crippen molar-refractivity contribution in [3.8, 4) is 17.7 Å². The lowest BCUT2D eigenvalue weighted by Gasteiger charge is -2.50. The second-order valence-electron chi connectivity index (χ2n) is 11.9. The molecule has 2 saturated heterocycles. The van der Waals surface area contributed by atoms with E-state index in [0.717, 1.165) is 36.7 Å². The summed E-state index contributed by atoms with van der Waals surface area (Å²) in [5, 5.41) is 9.39. The zero-order valence-corrected chi connectivity index (χ0v) is 26.4. The molecule has 2 amide bonds. The SMILES string of the molecule is CCC[C@H]1N(C(=O)c2cnccc2C(F)(F)F)CCC[C@@]1(Oc1ccc(C(F)(F)F)cc1)C(=O)N1CCC(Oc2ncccc2C#N)CC1. The number of aromatic nitrogens is 2. The number of benzene rings is 1. The van der Waals surface area contributed by atoms with E-state index in [-0.39, 0.29) is 62.2 Å². The Labute approximate surface area is 278 Å². The molecule has 0 aliphatic carbocycles. The van der Waals surface area contributed by atoms with Gasteiger partial charge < -0.3 is 19.3 Å². The molecule has 2 aliphatic rings. The molecule has 2 fully saturated rings. The molecular formula is C34H33F6N5O4. The molecule has 2 atom stereocenters. The zero-order valence-electron chi connectivity index (χ0n) is 26.4. The number of carbonyl (C=O) groups excluding carboxylic acids is 2. The van der Waals surface area contributed by atoms with E-state index >= 15 is 0 Å². The molecule has 0 saturated carbocycles. The van der Waals surface area contributed by atoms with E-state index in [1.807, 2.05) is 6.07 Å². The number of likely N-dealkylation sites (tertiary alicyclic amines) is 2. The second kappa shape index (κ2) is 14.3. The lowest BCUT2D eigenvalue weighted by atomic mass is 9.79. The minimum Gasteiger partial charge on any atom is -0.475 e. The Kier molecular flexibility index (Phi) is 10.4. The van der Waals surface area contributed by atoms with Gasteiger partial charge >= 0.3 is 12.4 Å². The Balaban J connectivity index is 1.49. The fourth-order valence-electron chi connectivity index (χ4n) is 6.47. The standard InChI is InChI=1S/C34H33F6N5O4/c1-2-5-28-32(49-25-9-7-23(8-10-25)33(35,36)37,14-4-17-45(28)30(46)26-21-42-16-11-27(26)34(38,39)40)31(47)44-18-12-24(13-19-44)48-29-22(20-41)6-3-15-43-29/h3,6-11,15-16,21,24,28H,2,4-5,12-14,17-19H2,1H3/t28-,32+/m1/s1. The number of hydrogen-bond donors (Lipinski definition) is 0. The van der Waals surface area contributed by atoms with Gasteiger partial charge in [0.15, 0.2) is 0 Å². The monoisotopic (exact) mass is 689 g/mol. The van der Waals surface area contributed by atoms with Gasteiger partial charge in [-0.1, -0.05) is 13.3 Å². The average Bonchev–Trinajstić information content (AvgIpc) is 3.08. The van der Waals surface area contributed by atoms with Crippen LogP contribution in [0.3, 0.4) is 0 Å². The number of nitriles is 1. The van der Waals surface area contributed by atoms with Crippen molar-refractivity contribution in [3.63, 3.8) is 0 Å². The van der Waals surface area contributed by atoms with Gasteiger partial charge in [0.05, 0.1) is 22.7 Å². The minimum atomic E-state index is -4.86. The normalized spacial score (nSPS) is 20.4. The predicted molar refractivity (Wildman–Crippen MR) is 162 cm³/mol. The van der Waals surface area contributed by atoms with Crippen LogP contribution in [-0.4, -0.2) is 69.0 Å². The second-order valence-corrected chi connectivity index (χ2v) is 11.9. The molecule has 0 bridgehead atoms. The topological polar surface area (TPSA) is 109 Å². The first-order valence-electron chi connectivity index (χ1n) is 15.8. The van der Waals surface area contributed by atoms with Crippen molar-refractivity contribution in [2.24, 2.45) is 0 Å². The summed E-state index contributed by atoms with van der Waals surface area (Å²) >= 11 is 0. The van der Waals surface area contributed by atoms with E-state index in [4.69, 9.17) is 9.47 Å². The van der Waals surface area contributed by atoms with E-state index in [9.17, 15) is 41.2 Å². The first-order valence-corrected chi connectivity index (χ1v) is 15.8. The fourth-order valence-corrected chi connectivity index (χ4v) is 6.47. The van der Waals surface area contributed by atoms with Gasteiger partial charge in [0.1, 0.15) is 23.5 Å². The summed E-state index contributed by atoms with van der Waals surface area (Å²) in [5.41, 5.74) is -4.38. The van der Waals surface area contributed by atoms with E-state index < -0.39 is 52.5 Å². The summed E-state index contributed by atoms with van der Waals surface area (Å²) in [7, 11) is 0. The van der Waals surface area contributed by atoms with Crippen LogP contribution in [0.5, 0.6) is 11.6 Å². The summed E-state index contributed by atoms with van der Waals surface area (Å²) in [6, 6.07) is 8.63. The van der Waals surface area contributed by atoms with Crippen molar-refractivity contribution in [2.75, 3.05) is 19.6 Å². The molecule has 49 heavy (non-hydrogen) atoms. The van der Waals surface area contributed by atoms with Gasteiger partial charge in [0.25, 0.3) is 11.8 Å². The third-order valence-electron chi connectivity index (χ3n) is 8.78. The fraction of sp³-hybridized carbons (Fsp3) is 0.441. The van der Waals surface area contributed by atoms with Gasteiger partial charge in [0, 0.05) is 57.5 Å². The van der Waals surface area contributed by atoms with Crippen molar-refractivity contribution in [3.05, 3.63) is 83.3 Å². The molecule has 9 nitrogen and oxygen atoms in total. The lowest BCUT2D eigenvalue weighted by Crippen LogP contribution is -2.68. The Morgan fingerprint density at radius 2 is 1.71 bits per heavy atom. The molecule has 2 aromatic heterocycles. The van der Waals surface area contributed by atoms with Crippen molar-refractivity contribution in [1.82, 2.24) is 19.8 Å². The average molecular weight is 690 g/mol. The van der Waals surface area contributed by atoms with Gasteiger partial charge in [-0.3, -0.25) is 14.6 Å². The molecule has 260 valence electrons. The Morgan fingerprint density at radius 1 is 1.00 bits per heavy atom. The molecule has 0 unspecified atom stereocenters. The highest BCUT2D eigenvalue weighted by molar-refractivity contribution is 5.97. The van der Waals surface area contributed by atoms with Crippen LogP contribution in [-0.2, 0) is 17.1 Å². The number of ether oxygens (including phenoxy) is 2. The molecule has 4 heterocycles. The van der Waals surface area contributed by atoms with Gasteiger partial charge in [-0.05, 0) is 55.3 Å². The highest BCUT2D eigenvalue weighted by Crippen LogP contribution is 2.41. The zero-order chi connectivity index (χ0) is 35.4. The third kappa shape index (κ3) is 7.58. The van der Waals surface area contributed by atoms with Gasteiger partial charge in [-0.15, -0.1) is 0 Å². The maximum Gasteiger partial charge on any atom is 0.417 e. The molecule has 0 N–H and O–H groups in total.